The Kier molecular flexibility index (Phi) is 7.95. The van der Waals surface area contributed by atoms with Crippen LogP contribution in [-0.4, -0.2) is 34.1 Å². The summed E-state index contributed by atoms with van der Waals surface area (Å²) in [5.41, 5.74) is 8.92. The zero-order chi connectivity index (χ0) is 28.1. The Morgan fingerprint density at radius 2 is 1.48 bits per heavy atom. The van der Waals surface area contributed by atoms with Gasteiger partial charge in [-0.25, -0.2) is 4.79 Å². The van der Waals surface area contributed by atoms with Crippen molar-refractivity contribution in [1.82, 2.24) is 9.55 Å². The Morgan fingerprint density at radius 1 is 0.950 bits per heavy atom. The van der Waals surface area contributed by atoms with E-state index in [1.165, 1.54) is 0 Å². The molecule has 40 heavy (non-hydrogen) atoms. The Morgan fingerprint density at radius 3 is 1.98 bits per heavy atom. The second-order valence-corrected chi connectivity index (χ2v) is 9.58. The Labute approximate surface area is 233 Å². The number of nitrogens with one attached hydrogen (secondary N) is 1. The number of H-pyrrole nitrogens is 1. The van der Waals surface area contributed by atoms with E-state index in [9.17, 15) is 14.4 Å². The standard InChI is InChI=1S/C29H24ClN5O5/c30-22-17-35(28(38)32-27(22)37)25-16-23(33-34-31)26(36)24(40-25)18-39-29(19-10-4-1-5-11-19,20-12-6-2-7-13-20)21-14-8-3-9-15-21/h1-15,17,23-25H,16,18H2,(H,32,37,38)/t23-,24+,25+/m0/s1. The number of carbonyl (C=O) groups is 1. The maximum atomic E-state index is 13.4. The van der Waals surface area contributed by atoms with Gasteiger partial charge in [-0.3, -0.25) is 19.1 Å². The van der Waals surface area contributed by atoms with Crippen LogP contribution in [-0.2, 0) is 19.9 Å². The van der Waals surface area contributed by atoms with Crippen LogP contribution in [0, 0.1) is 0 Å². The lowest BCUT2D eigenvalue weighted by atomic mass is 9.80. The number of aromatic amines is 1. The van der Waals surface area contributed by atoms with Crippen LogP contribution in [0.3, 0.4) is 0 Å². The molecule has 3 aromatic carbocycles. The molecule has 202 valence electrons. The average Bonchev–Trinajstić information content (AvgIpc) is 2.99. The van der Waals surface area contributed by atoms with Gasteiger partial charge in [-0.05, 0) is 22.2 Å². The third-order valence-corrected chi connectivity index (χ3v) is 7.08. The highest BCUT2D eigenvalue weighted by Gasteiger charge is 2.43. The van der Waals surface area contributed by atoms with Gasteiger partial charge >= 0.3 is 5.69 Å². The van der Waals surface area contributed by atoms with Gasteiger partial charge in [0.05, 0.1) is 6.61 Å². The summed E-state index contributed by atoms with van der Waals surface area (Å²) in [4.78, 5) is 42.7. The van der Waals surface area contributed by atoms with Gasteiger partial charge in [-0.2, -0.15) is 0 Å². The van der Waals surface area contributed by atoms with Crippen molar-refractivity contribution in [2.75, 3.05) is 6.61 Å². The largest absolute Gasteiger partial charge is 0.358 e. The van der Waals surface area contributed by atoms with Crippen molar-refractivity contribution in [2.24, 2.45) is 5.11 Å². The molecule has 1 aliphatic heterocycles. The molecule has 1 fully saturated rings. The minimum atomic E-state index is -1.21. The summed E-state index contributed by atoms with van der Waals surface area (Å²) < 4.78 is 13.9. The predicted octanol–water partition coefficient (Wildman–Crippen LogP) is 4.73. The first kappa shape index (κ1) is 27.1. The minimum absolute atomic E-state index is 0.122. The van der Waals surface area contributed by atoms with Crippen LogP contribution in [0.25, 0.3) is 10.4 Å². The molecule has 1 aromatic heterocycles. The van der Waals surface area contributed by atoms with E-state index in [2.05, 4.69) is 15.0 Å². The molecule has 0 radical (unpaired) electrons. The van der Waals surface area contributed by atoms with Crippen molar-refractivity contribution in [3.8, 4) is 0 Å². The number of Topliss-reactive ketones (excluding diaryl/α,β-unsaturated/α-hetero) is 1. The third-order valence-electron chi connectivity index (χ3n) is 6.81. The Hall–Kier alpha value is -4.47. The second-order valence-electron chi connectivity index (χ2n) is 9.17. The van der Waals surface area contributed by atoms with Gasteiger partial charge in [0.25, 0.3) is 5.56 Å². The molecule has 2 heterocycles. The minimum Gasteiger partial charge on any atom is -0.358 e. The van der Waals surface area contributed by atoms with E-state index in [-0.39, 0.29) is 18.1 Å². The summed E-state index contributed by atoms with van der Waals surface area (Å²) >= 11 is 5.96. The number of aromatic nitrogens is 2. The molecular formula is C29H24ClN5O5. The third kappa shape index (κ3) is 5.21. The zero-order valence-corrected chi connectivity index (χ0v) is 21.8. The van der Waals surface area contributed by atoms with Crippen LogP contribution in [0.1, 0.15) is 29.3 Å². The molecule has 0 unspecified atom stereocenters. The number of hydrogen-bond donors (Lipinski definition) is 1. The molecule has 1 aliphatic rings. The number of rotatable bonds is 8. The molecule has 0 bridgehead atoms. The molecule has 0 aliphatic carbocycles. The van der Waals surface area contributed by atoms with E-state index < -0.39 is 41.0 Å². The van der Waals surface area contributed by atoms with Gasteiger partial charge in [-0.15, -0.1) is 0 Å². The molecule has 1 N–H and O–H groups in total. The number of benzene rings is 3. The molecule has 10 nitrogen and oxygen atoms in total. The number of carbonyl (C=O) groups excluding carboxylic acids is 1. The number of ether oxygens (including phenoxy) is 2. The molecule has 0 amide bonds. The van der Waals surface area contributed by atoms with Gasteiger partial charge in [0.1, 0.15) is 29.0 Å². The first-order chi connectivity index (χ1) is 19.4. The van der Waals surface area contributed by atoms with Gasteiger partial charge in [-0.1, -0.05) is 108 Å². The number of halogens is 1. The summed E-state index contributed by atoms with van der Waals surface area (Å²) in [5.74, 6) is -0.485. The van der Waals surface area contributed by atoms with E-state index >= 15 is 0 Å². The van der Waals surface area contributed by atoms with Gasteiger partial charge < -0.3 is 9.47 Å². The summed E-state index contributed by atoms with van der Waals surface area (Å²) in [6.07, 6.45) is -1.25. The van der Waals surface area contributed by atoms with Crippen molar-refractivity contribution in [3.05, 3.63) is 150 Å². The summed E-state index contributed by atoms with van der Waals surface area (Å²) in [7, 11) is 0. The topological polar surface area (TPSA) is 139 Å². The first-order valence-electron chi connectivity index (χ1n) is 12.5. The van der Waals surface area contributed by atoms with Gasteiger partial charge in [0.2, 0.25) is 0 Å². The van der Waals surface area contributed by atoms with E-state index in [1.54, 1.807) is 0 Å². The fraction of sp³-hybridized carbons (Fsp3) is 0.207. The van der Waals surface area contributed by atoms with Crippen molar-refractivity contribution in [2.45, 2.75) is 30.4 Å². The highest BCUT2D eigenvalue weighted by atomic mass is 35.5. The van der Waals surface area contributed by atoms with Crippen LogP contribution in [0.2, 0.25) is 5.02 Å². The van der Waals surface area contributed by atoms with Crippen molar-refractivity contribution >= 4 is 17.4 Å². The van der Waals surface area contributed by atoms with E-state index in [4.69, 9.17) is 26.6 Å². The van der Waals surface area contributed by atoms with E-state index in [0.717, 1.165) is 27.5 Å². The summed E-state index contributed by atoms with van der Waals surface area (Å²) in [6, 6.07) is 27.7. The number of ketones is 1. The van der Waals surface area contributed by atoms with Crippen molar-refractivity contribution < 1.29 is 14.3 Å². The number of azide groups is 1. The van der Waals surface area contributed by atoms with Crippen LogP contribution >= 0.6 is 11.6 Å². The van der Waals surface area contributed by atoms with Crippen molar-refractivity contribution in [1.29, 1.82) is 0 Å². The first-order valence-corrected chi connectivity index (χ1v) is 12.9. The highest BCUT2D eigenvalue weighted by molar-refractivity contribution is 6.30. The summed E-state index contributed by atoms with van der Waals surface area (Å²) in [6.45, 7) is -0.239. The fourth-order valence-electron chi connectivity index (χ4n) is 4.94. The summed E-state index contributed by atoms with van der Waals surface area (Å²) in [5, 5.41) is 3.42. The lowest BCUT2D eigenvalue weighted by Gasteiger charge is -2.39. The highest BCUT2D eigenvalue weighted by Crippen LogP contribution is 2.41. The maximum absolute atomic E-state index is 13.4. The van der Waals surface area contributed by atoms with Crippen LogP contribution in [0.15, 0.2) is 112 Å². The average molecular weight is 558 g/mol. The molecule has 5 rings (SSSR count). The van der Waals surface area contributed by atoms with Gasteiger partial charge in [0, 0.05) is 17.5 Å². The maximum Gasteiger partial charge on any atom is 0.330 e. The van der Waals surface area contributed by atoms with E-state index in [1.807, 2.05) is 91.0 Å². The molecule has 4 aromatic rings. The normalized spacial score (nSPS) is 19.1. The van der Waals surface area contributed by atoms with Gasteiger partial charge in [0.15, 0.2) is 5.78 Å². The number of hydrogen-bond acceptors (Lipinski definition) is 6. The fourth-order valence-corrected chi connectivity index (χ4v) is 5.10. The molecule has 11 heteroatoms. The monoisotopic (exact) mass is 557 g/mol. The number of nitrogens with zero attached hydrogens (tertiary/aromatic N) is 4. The Bertz CT molecular complexity index is 1560. The predicted molar refractivity (Wildman–Crippen MR) is 148 cm³/mol. The quantitative estimate of drug-likeness (QED) is 0.144. The van der Waals surface area contributed by atoms with Crippen LogP contribution < -0.4 is 11.2 Å². The molecule has 0 spiro atoms. The lowest BCUT2D eigenvalue weighted by Crippen LogP contribution is -2.48. The lowest BCUT2D eigenvalue weighted by molar-refractivity contribution is -0.166. The Balaban J connectivity index is 1.57. The van der Waals surface area contributed by atoms with Crippen molar-refractivity contribution in [3.63, 3.8) is 0 Å². The van der Waals surface area contributed by atoms with E-state index in [0.29, 0.717) is 0 Å². The van der Waals surface area contributed by atoms with Crippen LogP contribution in [0.5, 0.6) is 0 Å². The molecule has 0 saturated carbocycles. The van der Waals surface area contributed by atoms with Crippen LogP contribution in [0.4, 0.5) is 0 Å². The SMILES string of the molecule is [N-]=[N+]=N[C@H]1C[C@H](n2cc(Cl)c(=O)[nH]c2=O)O[C@H](COC(c2ccccc2)(c2ccccc2)c2ccccc2)C1=O. The molecule has 3 atom stereocenters. The zero-order valence-electron chi connectivity index (χ0n) is 21.1. The second kappa shape index (κ2) is 11.7. The molecule has 1 saturated heterocycles. The smallest absolute Gasteiger partial charge is 0.330 e. The molecular weight excluding hydrogens is 534 g/mol.